The maximum atomic E-state index is 13.3. The van der Waals surface area contributed by atoms with Crippen LogP contribution in [0.15, 0.2) is 77.6 Å². The third-order valence-corrected chi connectivity index (χ3v) is 5.37. The van der Waals surface area contributed by atoms with Crippen molar-refractivity contribution in [1.29, 1.82) is 0 Å². The number of nitrogens with zero attached hydrogens (tertiary/aromatic N) is 4. The van der Waals surface area contributed by atoms with E-state index in [1.807, 2.05) is 53.1 Å². The average molecular weight is 445 g/mol. The molecule has 0 fully saturated rings. The zero-order valence-electron chi connectivity index (χ0n) is 17.0. The Bertz CT molecular complexity index is 1410. The van der Waals surface area contributed by atoms with Crippen molar-refractivity contribution >= 4 is 28.3 Å². The zero-order valence-corrected chi connectivity index (χ0v) is 17.8. The highest BCUT2D eigenvalue weighted by atomic mass is 35.5. The second kappa shape index (κ2) is 8.28. The molecule has 3 aromatic heterocycles. The van der Waals surface area contributed by atoms with E-state index < -0.39 is 0 Å². The third kappa shape index (κ3) is 3.74. The maximum absolute atomic E-state index is 13.3. The number of methoxy groups -OCH3 is 1. The number of hydrogen-bond acceptors (Lipinski definition) is 6. The first-order valence-corrected chi connectivity index (χ1v) is 10.2. The monoisotopic (exact) mass is 444 g/mol. The number of pyridine rings is 1. The fourth-order valence-corrected chi connectivity index (χ4v) is 3.66. The molecule has 5 aromatic rings. The smallest absolute Gasteiger partial charge is 0.299 e. The molecule has 5 rings (SSSR count). The second-order valence-corrected chi connectivity index (χ2v) is 7.58. The van der Waals surface area contributed by atoms with Crippen molar-refractivity contribution in [1.82, 2.24) is 19.7 Å². The zero-order chi connectivity index (χ0) is 22.1. The lowest BCUT2D eigenvalue weighted by Crippen LogP contribution is -2.02. The van der Waals surface area contributed by atoms with Crippen molar-refractivity contribution in [2.24, 2.45) is 0 Å². The quantitative estimate of drug-likeness (QED) is 0.342. The van der Waals surface area contributed by atoms with Crippen LogP contribution in [0.5, 0.6) is 5.75 Å². The van der Waals surface area contributed by atoms with Gasteiger partial charge in [0.2, 0.25) is 5.82 Å². The first-order valence-electron chi connectivity index (χ1n) is 9.83. The number of rotatable bonds is 6. The minimum Gasteiger partial charge on any atom is -0.497 e. The van der Waals surface area contributed by atoms with E-state index in [0.717, 1.165) is 16.5 Å². The molecule has 0 amide bonds. The van der Waals surface area contributed by atoms with Crippen molar-refractivity contribution in [3.05, 3.63) is 95.1 Å². The molecule has 158 valence electrons. The number of hydrogen-bond donors (Lipinski definition) is 0. The summed E-state index contributed by atoms with van der Waals surface area (Å²) in [6.07, 6.45) is 3.43. The Kier molecular flexibility index (Phi) is 5.17. The Labute approximate surface area is 188 Å². The summed E-state index contributed by atoms with van der Waals surface area (Å²) < 4.78 is 12.6. The SMILES string of the molecule is COc1ccc2c(c1)c(C(=O)c1nc(-c3ccccn3)no1)cn2Cc1ccc(Cl)cc1. The van der Waals surface area contributed by atoms with Gasteiger partial charge >= 0.3 is 0 Å². The average Bonchev–Trinajstić information content (AvgIpc) is 3.46. The van der Waals surface area contributed by atoms with Gasteiger partial charge in [0.25, 0.3) is 11.7 Å². The molecule has 3 heterocycles. The lowest BCUT2D eigenvalue weighted by atomic mass is 10.1. The number of ether oxygens (including phenoxy) is 1. The van der Waals surface area contributed by atoms with Gasteiger partial charge in [-0.15, -0.1) is 0 Å². The summed E-state index contributed by atoms with van der Waals surface area (Å²) in [7, 11) is 1.59. The van der Waals surface area contributed by atoms with E-state index in [0.29, 0.717) is 28.6 Å². The van der Waals surface area contributed by atoms with Crippen molar-refractivity contribution in [3.63, 3.8) is 0 Å². The van der Waals surface area contributed by atoms with Crippen LogP contribution < -0.4 is 4.74 Å². The van der Waals surface area contributed by atoms with Gasteiger partial charge in [-0.1, -0.05) is 35.0 Å². The van der Waals surface area contributed by atoms with Crippen LogP contribution in [-0.2, 0) is 6.54 Å². The molecule has 0 aliphatic rings. The summed E-state index contributed by atoms with van der Waals surface area (Å²) in [5, 5.41) is 5.33. The van der Waals surface area contributed by atoms with Crippen molar-refractivity contribution in [2.45, 2.75) is 6.54 Å². The van der Waals surface area contributed by atoms with Crippen molar-refractivity contribution < 1.29 is 14.1 Å². The fraction of sp³-hybridized carbons (Fsp3) is 0.0833. The number of halogens is 1. The van der Waals surface area contributed by atoms with Gasteiger partial charge in [-0.25, -0.2) is 0 Å². The normalized spacial score (nSPS) is 11.1. The van der Waals surface area contributed by atoms with Crippen LogP contribution >= 0.6 is 11.6 Å². The molecule has 0 N–H and O–H groups in total. The van der Waals surface area contributed by atoms with E-state index in [1.165, 1.54) is 0 Å². The van der Waals surface area contributed by atoms with Gasteiger partial charge in [0.05, 0.1) is 12.7 Å². The van der Waals surface area contributed by atoms with Gasteiger partial charge in [0.15, 0.2) is 0 Å². The molecule has 0 bridgehead atoms. The molecular formula is C24H17ClN4O3. The molecule has 2 aromatic carbocycles. The minimum absolute atomic E-state index is 0.0981. The summed E-state index contributed by atoms with van der Waals surface area (Å²) in [5.74, 6) is 0.443. The summed E-state index contributed by atoms with van der Waals surface area (Å²) >= 11 is 6.01. The molecule has 32 heavy (non-hydrogen) atoms. The predicted octanol–water partition coefficient (Wildman–Crippen LogP) is 5.03. The number of ketones is 1. The Morgan fingerprint density at radius 2 is 1.97 bits per heavy atom. The van der Waals surface area contributed by atoms with E-state index in [1.54, 1.807) is 31.6 Å². The molecular weight excluding hydrogens is 428 g/mol. The molecule has 0 spiro atoms. The third-order valence-electron chi connectivity index (χ3n) is 5.11. The lowest BCUT2D eigenvalue weighted by Gasteiger charge is -2.06. The van der Waals surface area contributed by atoms with E-state index in [2.05, 4.69) is 15.1 Å². The molecule has 0 radical (unpaired) electrons. The van der Waals surface area contributed by atoms with Crippen molar-refractivity contribution in [3.8, 4) is 17.3 Å². The first-order chi connectivity index (χ1) is 15.6. The second-order valence-electron chi connectivity index (χ2n) is 7.15. The van der Waals surface area contributed by atoms with Crippen LogP contribution in [-0.4, -0.2) is 32.6 Å². The number of fused-ring (bicyclic) bond motifs is 1. The summed E-state index contributed by atoms with van der Waals surface area (Å²) in [6.45, 7) is 0.566. The van der Waals surface area contributed by atoms with E-state index >= 15 is 0 Å². The predicted molar refractivity (Wildman–Crippen MR) is 120 cm³/mol. The maximum Gasteiger partial charge on any atom is 0.299 e. The van der Waals surface area contributed by atoms with E-state index in [9.17, 15) is 4.79 Å². The molecule has 0 unspecified atom stereocenters. The largest absolute Gasteiger partial charge is 0.497 e. The standard InChI is InChI=1S/C24H17ClN4O3/c1-31-17-9-10-21-18(12-17)19(14-29(21)13-15-5-7-16(25)8-6-15)22(30)24-27-23(28-32-24)20-4-2-3-11-26-20/h2-12,14H,13H2,1H3. The van der Waals surface area contributed by atoms with Crippen LogP contribution in [0, 0.1) is 0 Å². The molecule has 0 saturated carbocycles. The summed E-state index contributed by atoms with van der Waals surface area (Å²) in [6, 6.07) is 18.6. The lowest BCUT2D eigenvalue weighted by molar-refractivity contribution is 0.0995. The van der Waals surface area contributed by atoms with Gasteiger partial charge in [-0.05, 0) is 48.0 Å². The van der Waals surface area contributed by atoms with E-state index in [-0.39, 0.29) is 17.5 Å². The highest BCUT2D eigenvalue weighted by Crippen LogP contribution is 2.29. The van der Waals surface area contributed by atoms with Crippen LogP contribution in [0.3, 0.4) is 0 Å². The Balaban J connectivity index is 1.56. The first kappa shape index (κ1) is 20.0. The fourth-order valence-electron chi connectivity index (χ4n) is 3.53. The summed E-state index contributed by atoms with van der Waals surface area (Å²) in [5.41, 5.74) is 2.91. The van der Waals surface area contributed by atoms with Crippen molar-refractivity contribution in [2.75, 3.05) is 7.11 Å². The van der Waals surface area contributed by atoms with Gasteiger partial charge < -0.3 is 13.8 Å². The highest BCUT2D eigenvalue weighted by molar-refractivity contribution is 6.30. The van der Waals surface area contributed by atoms with Gasteiger partial charge in [-0.3, -0.25) is 9.78 Å². The molecule has 0 saturated heterocycles. The van der Waals surface area contributed by atoms with Crippen LogP contribution in [0.25, 0.3) is 22.4 Å². The Morgan fingerprint density at radius 1 is 1.12 bits per heavy atom. The topological polar surface area (TPSA) is 83.0 Å². The highest BCUT2D eigenvalue weighted by Gasteiger charge is 2.23. The van der Waals surface area contributed by atoms with E-state index in [4.69, 9.17) is 20.9 Å². The van der Waals surface area contributed by atoms with Gasteiger partial charge in [-0.2, -0.15) is 4.98 Å². The molecule has 0 atom stereocenters. The molecule has 7 nitrogen and oxygen atoms in total. The Hall–Kier alpha value is -3.97. The van der Waals surface area contributed by atoms with Crippen LogP contribution in [0.2, 0.25) is 5.02 Å². The van der Waals surface area contributed by atoms with Gasteiger partial charge in [0, 0.05) is 34.9 Å². The molecule has 8 heteroatoms. The van der Waals surface area contributed by atoms with Crippen LogP contribution in [0.1, 0.15) is 21.8 Å². The number of carbonyl (C=O) groups is 1. The molecule has 0 aliphatic carbocycles. The van der Waals surface area contributed by atoms with Crippen LogP contribution in [0.4, 0.5) is 0 Å². The Morgan fingerprint density at radius 3 is 2.72 bits per heavy atom. The number of benzene rings is 2. The minimum atomic E-state index is -0.368. The molecule has 0 aliphatic heterocycles. The number of aromatic nitrogens is 4. The number of carbonyl (C=O) groups excluding carboxylic acids is 1. The van der Waals surface area contributed by atoms with Gasteiger partial charge in [0.1, 0.15) is 11.4 Å². The summed E-state index contributed by atoms with van der Waals surface area (Å²) in [4.78, 5) is 21.8.